The van der Waals surface area contributed by atoms with E-state index >= 15 is 0 Å². The second kappa shape index (κ2) is 6.73. The van der Waals surface area contributed by atoms with Crippen molar-refractivity contribution in [2.45, 2.75) is 39.2 Å². The molecular weight excluding hydrogens is 230 g/mol. The van der Waals surface area contributed by atoms with Crippen LogP contribution in [0.15, 0.2) is 0 Å². The van der Waals surface area contributed by atoms with Crippen LogP contribution in [-0.2, 0) is 9.59 Å². The molecule has 1 saturated heterocycles. The topological polar surface area (TPSA) is 75.4 Å². The lowest BCUT2D eigenvalue weighted by atomic mass is 9.95. The molecule has 3 N–H and O–H groups in total. The molecule has 0 spiro atoms. The van der Waals surface area contributed by atoms with Crippen molar-refractivity contribution < 1.29 is 9.59 Å². The van der Waals surface area contributed by atoms with Crippen LogP contribution in [0.25, 0.3) is 0 Å². The van der Waals surface area contributed by atoms with Gasteiger partial charge in [-0.25, -0.2) is 0 Å². The Balaban J connectivity index is 2.42. The third kappa shape index (κ3) is 3.98. The van der Waals surface area contributed by atoms with Crippen LogP contribution in [0, 0.1) is 11.8 Å². The molecule has 1 rings (SSSR count). The fourth-order valence-corrected chi connectivity index (χ4v) is 2.41. The molecule has 104 valence electrons. The number of hydrogen-bond donors (Lipinski definition) is 2. The maximum absolute atomic E-state index is 12.1. The van der Waals surface area contributed by atoms with Crippen molar-refractivity contribution in [3.63, 3.8) is 0 Å². The van der Waals surface area contributed by atoms with E-state index in [0.29, 0.717) is 25.4 Å². The Hall–Kier alpha value is -1.10. The molecule has 5 nitrogen and oxygen atoms in total. The number of likely N-dealkylation sites (tertiary alicyclic amines) is 1. The number of carbonyl (C=O) groups excluding carboxylic acids is 2. The molecule has 1 aliphatic heterocycles. The van der Waals surface area contributed by atoms with Crippen LogP contribution in [0.2, 0.25) is 0 Å². The zero-order chi connectivity index (χ0) is 13.7. The van der Waals surface area contributed by atoms with Crippen molar-refractivity contribution in [2.24, 2.45) is 17.6 Å². The van der Waals surface area contributed by atoms with E-state index in [1.54, 1.807) is 11.9 Å². The Morgan fingerprint density at radius 1 is 1.33 bits per heavy atom. The van der Waals surface area contributed by atoms with Gasteiger partial charge in [0.1, 0.15) is 0 Å². The third-order valence-corrected chi connectivity index (χ3v) is 3.47. The van der Waals surface area contributed by atoms with Crippen LogP contribution in [0.4, 0.5) is 0 Å². The average molecular weight is 255 g/mol. The number of rotatable bonds is 4. The summed E-state index contributed by atoms with van der Waals surface area (Å²) >= 11 is 0. The van der Waals surface area contributed by atoms with Gasteiger partial charge in [-0.1, -0.05) is 13.8 Å². The summed E-state index contributed by atoms with van der Waals surface area (Å²) in [4.78, 5) is 25.4. The molecule has 1 fully saturated rings. The summed E-state index contributed by atoms with van der Waals surface area (Å²) in [6, 6.07) is -0.401. The molecule has 1 atom stereocenters. The minimum Gasteiger partial charge on any atom is -0.359 e. The minimum atomic E-state index is -0.401. The number of nitrogens with one attached hydrogen (secondary N) is 1. The van der Waals surface area contributed by atoms with Gasteiger partial charge in [-0.2, -0.15) is 0 Å². The number of piperidine rings is 1. The second-order valence-electron chi connectivity index (χ2n) is 5.45. The summed E-state index contributed by atoms with van der Waals surface area (Å²) in [7, 11) is 1.65. The zero-order valence-corrected chi connectivity index (χ0v) is 11.6. The summed E-state index contributed by atoms with van der Waals surface area (Å²) in [5.41, 5.74) is 5.90. The van der Waals surface area contributed by atoms with Crippen LogP contribution >= 0.6 is 0 Å². The molecule has 2 amide bonds. The van der Waals surface area contributed by atoms with E-state index in [4.69, 9.17) is 5.73 Å². The predicted octanol–water partition coefficient (Wildman–Crippen LogP) is 0.344. The van der Waals surface area contributed by atoms with Crippen LogP contribution in [0.3, 0.4) is 0 Å². The molecule has 0 aromatic rings. The van der Waals surface area contributed by atoms with E-state index in [-0.39, 0.29) is 17.7 Å². The van der Waals surface area contributed by atoms with Crippen molar-refractivity contribution in [2.75, 3.05) is 20.1 Å². The van der Waals surface area contributed by atoms with Gasteiger partial charge in [0.2, 0.25) is 11.8 Å². The molecule has 1 unspecified atom stereocenters. The lowest BCUT2D eigenvalue weighted by molar-refractivity contribution is -0.136. The van der Waals surface area contributed by atoms with Crippen molar-refractivity contribution in [1.29, 1.82) is 0 Å². The van der Waals surface area contributed by atoms with Gasteiger partial charge in [-0.05, 0) is 25.2 Å². The summed E-state index contributed by atoms with van der Waals surface area (Å²) in [6.45, 7) is 5.40. The lowest BCUT2D eigenvalue weighted by Crippen LogP contribution is -2.49. The fraction of sp³-hybridized carbons (Fsp3) is 0.846. The molecule has 1 heterocycles. The number of nitrogens with zero attached hydrogens (tertiary/aromatic N) is 1. The summed E-state index contributed by atoms with van der Waals surface area (Å²) in [6.07, 6.45) is 2.19. The highest BCUT2D eigenvalue weighted by atomic mass is 16.2. The Morgan fingerprint density at radius 2 is 1.89 bits per heavy atom. The van der Waals surface area contributed by atoms with Gasteiger partial charge in [0.25, 0.3) is 0 Å². The van der Waals surface area contributed by atoms with Gasteiger partial charge >= 0.3 is 0 Å². The molecule has 0 bridgehead atoms. The molecule has 1 aliphatic rings. The summed E-state index contributed by atoms with van der Waals surface area (Å²) in [5.74, 6) is 0.570. The first-order valence-corrected chi connectivity index (χ1v) is 6.71. The van der Waals surface area contributed by atoms with E-state index in [9.17, 15) is 9.59 Å². The smallest absolute Gasteiger partial charge is 0.239 e. The molecule has 0 aromatic heterocycles. The van der Waals surface area contributed by atoms with E-state index < -0.39 is 6.04 Å². The highest BCUT2D eigenvalue weighted by molar-refractivity contribution is 5.82. The molecule has 5 heteroatoms. The predicted molar refractivity (Wildman–Crippen MR) is 70.8 cm³/mol. The summed E-state index contributed by atoms with van der Waals surface area (Å²) in [5, 5.41) is 2.66. The first-order valence-electron chi connectivity index (χ1n) is 6.71. The van der Waals surface area contributed by atoms with Crippen molar-refractivity contribution in [3.8, 4) is 0 Å². The van der Waals surface area contributed by atoms with Crippen molar-refractivity contribution in [3.05, 3.63) is 0 Å². The first-order chi connectivity index (χ1) is 8.45. The second-order valence-corrected chi connectivity index (χ2v) is 5.45. The standard InChI is InChI=1S/C13H25N3O2/c1-9(2)8-11(14)13(18)16-6-4-10(5-7-16)12(17)15-3/h9-11H,4-8,14H2,1-3H3,(H,15,17). The number of carbonyl (C=O) groups is 2. The fourth-order valence-electron chi connectivity index (χ4n) is 2.41. The largest absolute Gasteiger partial charge is 0.359 e. The third-order valence-electron chi connectivity index (χ3n) is 3.47. The van der Waals surface area contributed by atoms with Gasteiger partial charge in [-0.15, -0.1) is 0 Å². The van der Waals surface area contributed by atoms with Gasteiger partial charge in [0, 0.05) is 26.1 Å². The molecular formula is C13H25N3O2. The van der Waals surface area contributed by atoms with Crippen LogP contribution in [0.5, 0.6) is 0 Å². The van der Waals surface area contributed by atoms with Crippen molar-refractivity contribution >= 4 is 11.8 Å². The highest BCUT2D eigenvalue weighted by Crippen LogP contribution is 2.18. The lowest BCUT2D eigenvalue weighted by Gasteiger charge is -2.33. The molecule has 0 saturated carbocycles. The highest BCUT2D eigenvalue weighted by Gasteiger charge is 2.29. The average Bonchev–Trinajstić information content (AvgIpc) is 2.36. The van der Waals surface area contributed by atoms with Crippen LogP contribution < -0.4 is 11.1 Å². The maximum Gasteiger partial charge on any atom is 0.239 e. The van der Waals surface area contributed by atoms with Gasteiger partial charge in [0.15, 0.2) is 0 Å². The Bertz CT molecular complexity index is 297. The number of hydrogen-bond acceptors (Lipinski definition) is 3. The van der Waals surface area contributed by atoms with E-state index in [2.05, 4.69) is 19.2 Å². The minimum absolute atomic E-state index is 0.0269. The maximum atomic E-state index is 12.1. The molecule has 0 aromatic carbocycles. The van der Waals surface area contributed by atoms with Crippen molar-refractivity contribution in [1.82, 2.24) is 10.2 Å². The Kier molecular flexibility index (Phi) is 5.59. The monoisotopic (exact) mass is 255 g/mol. The number of nitrogens with two attached hydrogens (primary N) is 1. The van der Waals surface area contributed by atoms with Crippen LogP contribution in [0.1, 0.15) is 33.1 Å². The molecule has 18 heavy (non-hydrogen) atoms. The SMILES string of the molecule is CNC(=O)C1CCN(C(=O)C(N)CC(C)C)CC1. The van der Waals surface area contributed by atoms with E-state index in [0.717, 1.165) is 12.8 Å². The first kappa shape index (κ1) is 15.0. The van der Waals surface area contributed by atoms with Crippen LogP contribution in [-0.4, -0.2) is 42.9 Å². The van der Waals surface area contributed by atoms with E-state index in [1.165, 1.54) is 0 Å². The van der Waals surface area contributed by atoms with Gasteiger partial charge in [-0.3, -0.25) is 9.59 Å². The number of amides is 2. The van der Waals surface area contributed by atoms with Gasteiger partial charge < -0.3 is 16.0 Å². The van der Waals surface area contributed by atoms with E-state index in [1.807, 2.05) is 0 Å². The Morgan fingerprint density at radius 3 is 2.33 bits per heavy atom. The summed E-state index contributed by atoms with van der Waals surface area (Å²) < 4.78 is 0. The Labute approximate surface area is 109 Å². The quantitative estimate of drug-likeness (QED) is 0.761. The molecule has 0 aliphatic carbocycles. The zero-order valence-electron chi connectivity index (χ0n) is 11.6. The molecule has 0 radical (unpaired) electrons. The van der Waals surface area contributed by atoms with Gasteiger partial charge in [0.05, 0.1) is 6.04 Å². The normalized spacial score (nSPS) is 18.8.